The van der Waals surface area contributed by atoms with Crippen LogP contribution in [0.2, 0.25) is 0 Å². The number of nitrogens with zero attached hydrogens (tertiary/aromatic N) is 4. The van der Waals surface area contributed by atoms with Crippen molar-refractivity contribution in [1.82, 2.24) is 20.0 Å². The van der Waals surface area contributed by atoms with Crippen LogP contribution < -0.4 is 10.1 Å². The molecular formula is C26H46IN5O. The van der Waals surface area contributed by atoms with Gasteiger partial charge in [0.15, 0.2) is 5.96 Å². The molecule has 1 aromatic carbocycles. The molecule has 0 aromatic heterocycles. The summed E-state index contributed by atoms with van der Waals surface area (Å²) in [6.45, 7) is 15.4. The highest BCUT2D eigenvalue weighted by Crippen LogP contribution is 2.36. The zero-order valence-electron chi connectivity index (χ0n) is 21.4. The van der Waals surface area contributed by atoms with Crippen LogP contribution in [0.3, 0.4) is 0 Å². The standard InChI is InChI=1S/C26H45N5O.HI/c1-6-27-26(31-17-15-21(20-31)19-30(7-2)8-3)28-18-23-10-9-16-29(4)25(23)22-11-13-24(32-5)14-12-22;/h11-14,21,23,25H,6-10,15-20H2,1-5H3,(H,27,28);1H. The Morgan fingerprint density at radius 3 is 2.48 bits per heavy atom. The van der Waals surface area contributed by atoms with Crippen molar-refractivity contribution in [1.29, 1.82) is 0 Å². The fraction of sp³-hybridized carbons (Fsp3) is 0.731. The van der Waals surface area contributed by atoms with E-state index < -0.39 is 0 Å². The first kappa shape index (κ1) is 28.2. The van der Waals surface area contributed by atoms with Gasteiger partial charge in [-0.25, -0.2) is 0 Å². The van der Waals surface area contributed by atoms with Gasteiger partial charge in [0.1, 0.15) is 5.75 Å². The lowest BCUT2D eigenvalue weighted by Crippen LogP contribution is -2.42. The Kier molecular flexibility index (Phi) is 12.3. The summed E-state index contributed by atoms with van der Waals surface area (Å²) in [6, 6.07) is 9.04. The van der Waals surface area contributed by atoms with Gasteiger partial charge in [-0.3, -0.25) is 9.89 Å². The van der Waals surface area contributed by atoms with Crippen LogP contribution in [0.15, 0.2) is 29.3 Å². The van der Waals surface area contributed by atoms with Gasteiger partial charge in [0.05, 0.1) is 7.11 Å². The lowest BCUT2D eigenvalue weighted by atomic mass is 9.85. The summed E-state index contributed by atoms with van der Waals surface area (Å²) >= 11 is 0. The number of hydrogen-bond donors (Lipinski definition) is 1. The molecule has 1 aromatic rings. The van der Waals surface area contributed by atoms with Crippen molar-refractivity contribution in [2.24, 2.45) is 16.8 Å². The van der Waals surface area contributed by atoms with Gasteiger partial charge in [-0.2, -0.15) is 0 Å². The average molecular weight is 572 g/mol. The van der Waals surface area contributed by atoms with Crippen LogP contribution >= 0.6 is 24.0 Å². The molecule has 188 valence electrons. The number of likely N-dealkylation sites (tertiary alicyclic amines) is 2. The molecular weight excluding hydrogens is 525 g/mol. The minimum absolute atomic E-state index is 0. The summed E-state index contributed by atoms with van der Waals surface area (Å²) in [6.07, 6.45) is 3.74. The molecule has 2 fully saturated rings. The second-order valence-electron chi connectivity index (χ2n) is 9.38. The zero-order valence-corrected chi connectivity index (χ0v) is 23.8. The van der Waals surface area contributed by atoms with E-state index in [0.29, 0.717) is 12.0 Å². The van der Waals surface area contributed by atoms with Crippen molar-refractivity contribution in [3.8, 4) is 5.75 Å². The van der Waals surface area contributed by atoms with Crippen LogP contribution in [-0.2, 0) is 0 Å². The number of benzene rings is 1. The Bertz CT molecular complexity index is 709. The number of hydrogen-bond acceptors (Lipinski definition) is 4. The van der Waals surface area contributed by atoms with Crippen LogP contribution in [0.4, 0.5) is 0 Å². The third-order valence-electron chi connectivity index (χ3n) is 7.27. The molecule has 7 heteroatoms. The predicted molar refractivity (Wildman–Crippen MR) is 150 cm³/mol. The highest BCUT2D eigenvalue weighted by molar-refractivity contribution is 14.0. The lowest BCUT2D eigenvalue weighted by molar-refractivity contribution is 0.125. The fourth-order valence-corrected chi connectivity index (χ4v) is 5.43. The maximum atomic E-state index is 5.37. The monoisotopic (exact) mass is 571 g/mol. The minimum atomic E-state index is 0. The third kappa shape index (κ3) is 7.72. The Morgan fingerprint density at radius 1 is 1.12 bits per heavy atom. The van der Waals surface area contributed by atoms with E-state index in [0.717, 1.165) is 63.4 Å². The summed E-state index contributed by atoms with van der Waals surface area (Å²) < 4.78 is 5.37. The maximum absolute atomic E-state index is 5.37. The normalized spacial score (nSPS) is 24.1. The SMILES string of the molecule is CCNC(=NCC1CCCN(C)C1c1ccc(OC)cc1)N1CCC(CN(CC)CC)C1.I. The first-order chi connectivity index (χ1) is 15.6. The van der Waals surface area contributed by atoms with Gasteiger partial charge in [0, 0.05) is 38.8 Å². The van der Waals surface area contributed by atoms with Gasteiger partial charge in [-0.15, -0.1) is 24.0 Å². The van der Waals surface area contributed by atoms with Crippen molar-refractivity contribution < 1.29 is 4.74 Å². The molecule has 6 nitrogen and oxygen atoms in total. The summed E-state index contributed by atoms with van der Waals surface area (Å²) in [7, 11) is 3.99. The van der Waals surface area contributed by atoms with E-state index in [2.05, 4.69) is 72.1 Å². The van der Waals surface area contributed by atoms with E-state index in [4.69, 9.17) is 9.73 Å². The van der Waals surface area contributed by atoms with E-state index in [9.17, 15) is 0 Å². The maximum Gasteiger partial charge on any atom is 0.193 e. The van der Waals surface area contributed by atoms with E-state index >= 15 is 0 Å². The number of methoxy groups -OCH3 is 1. The predicted octanol–water partition coefficient (Wildman–Crippen LogP) is 4.33. The Balaban J connectivity index is 0.00000385. The van der Waals surface area contributed by atoms with Crippen LogP contribution in [0, 0.1) is 11.8 Å². The van der Waals surface area contributed by atoms with E-state index in [1.54, 1.807) is 7.11 Å². The van der Waals surface area contributed by atoms with Gasteiger partial charge < -0.3 is 19.9 Å². The van der Waals surface area contributed by atoms with Crippen molar-refractivity contribution in [3.05, 3.63) is 29.8 Å². The Hall–Kier alpha value is -1.06. The Morgan fingerprint density at radius 2 is 1.85 bits per heavy atom. The second kappa shape index (κ2) is 14.4. The number of nitrogens with one attached hydrogen (secondary N) is 1. The number of ether oxygens (including phenoxy) is 1. The third-order valence-corrected chi connectivity index (χ3v) is 7.27. The number of piperidine rings is 1. The van der Waals surface area contributed by atoms with Crippen molar-refractivity contribution >= 4 is 29.9 Å². The molecule has 3 rings (SSSR count). The van der Waals surface area contributed by atoms with Gasteiger partial charge in [0.2, 0.25) is 0 Å². The molecule has 0 amide bonds. The molecule has 2 heterocycles. The van der Waals surface area contributed by atoms with Crippen LogP contribution in [0.25, 0.3) is 0 Å². The topological polar surface area (TPSA) is 43.3 Å². The quantitative estimate of drug-likeness (QED) is 0.272. The highest BCUT2D eigenvalue weighted by atomic mass is 127. The van der Waals surface area contributed by atoms with Crippen molar-refractivity contribution in [2.45, 2.75) is 46.1 Å². The number of aliphatic imine (C=N–C) groups is 1. The Labute approximate surface area is 219 Å². The number of halogens is 1. The molecule has 3 atom stereocenters. The first-order valence-electron chi connectivity index (χ1n) is 12.7. The van der Waals surface area contributed by atoms with Crippen molar-refractivity contribution in [3.63, 3.8) is 0 Å². The van der Waals surface area contributed by atoms with Crippen LogP contribution in [0.5, 0.6) is 5.75 Å². The molecule has 33 heavy (non-hydrogen) atoms. The van der Waals surface area contributed by atoms with E-state index in [1.165, 1.54) is 31.4 Å². The molecule has 0 radical (unpaired) electrons. The average Bonchev–Trinajstić information content (AvgIpc) is 3.28. The summed E-state index contributed by atoms with van der Waals surface area (Å²) in [5.74, 6) is 3.30. The first-order valence-corrected chi connectivity index (χ1v) is 12.7. The molecule has 2 aliphatic heterocycles. The highest BCUT2D eigenvalue weighted by Gasteiger charge is 2.31. The van der Waals surface area contributed by atoms with Crippen LogP contribution in [0.1, 0.15) is 51.6 Å². The molecule has 1 N–H and O–H groups in total. The van der Waals surface area contributed by atoms with Gasteiger partial charge in [-0.05, 0) is 82.4 Å². The fourth-order valence-electron chi connectivity index (χ4n) is 5.43. The zero-order chi connectivity index (χ0) is 22.9. The van der Waals surface area contributed by atoms with Gasteiger partial charge in [0.25, 0.3) is 0 Å². The smallest absolute Gasteiger partial charge is 0.193 e. The molecule has 0 bridgehead atoms. The molecule has 2 saturated heterocycles. The summed E-state index contributed by atoms with van der Waals surface area (Å²) in [5.41, 5.74) is 1.37. The van der Waals surface area contributed by atoms with Gasteiger partial charge in [-0.1, -0.05) is 26.0 Å². The number of guanidine groups is 1. The van der Waals surface area contributed by atoms with E-state index in [1.807, 2.05) is 0 Å². The van der Waals surface area contributed by atoms with Gasteiger partial charge >= 0.3 is 0 Å². The summed E-state index contributed by atoms with van der Waals surface area (Å²) in [5, 5.41) is 3.58. The lowest BCUT2D eigenvalue weighted by Gasteiger charge is -2.39. The minimum Gasteiger partial charge on any atom is -0.497 e. The van der Waals surface area contributed by atoms with Crippen LogP contribution in [-0.4, -0.2) is 87.2 Å². The second-order valence-corrected chi connectivity index (χ2v) is 9.38. The largest absolute Gasteiger partial charge is 0.497 e. The van der Waals surface area contributed by atoms with E-state index in [-0.39, 0.29) is 24.0 Å². The van der Waals surface area contributed by atoms with Crippen molar-refractivity contribution in [2.75, 3.05) is 66.5 Å². The molecule has 2 aliphatic rings. The molecule has 0 aliphatic carbocycles. The molecule has 3 unspecified atom stereocenters. The summed E-state index contributed by atoms with van der Waals surface area (Å²) in [4.78, 5) is 12.7. The number of rotatable bonds is 9. The molecule has 0 spiro atoms. The molecule has 0 saturated carbocycles.